The highest BCUT2D eigenvalue weighted by Crippen LogP contribution is 2.37. The van der Waals surface area contributed by atoms with E-state index in [-0.39, 0.29) is 0 Å². The van der Waals surface area contributed by atoms with Gasteiger partial charge in [0.1, 0.15) is 0 Å². The lowest BCUT2D eigenvalue weighted by Gasteiger charge is -2.14. The topological polar surface area (TPSA) is 0 Å². The van der Waals surface area contributed by atoms with Crippen LogP contribution < -0.4 is 0 Å². The Morgan fingerprint density at radius 3 is 1.79 bits per heavy atom. The van der Waals surface area contributed by atoms with Gasteiger partial charge in [-0.1, -0.05) is 76.2 Å². The van der Waals surface area contributed by atoms with Crippen molar-refractivity contribution in [3.8, 4) is 0 Å². The van der Waals surface area contributed by atoms with Gasteiger partial charge in [0, 0.05) is 0 Å². The molecule has 0 amide bonds. The molecule has 0 fully saturated rings. The summed E-state index contributed by atoms with van der Waals surface area (Å²) in [6.07, 6.45) is 5.25. The Kier molecular flexibility index (Phi) is 5.43. The molecule has 1 atom stereocenters. The molecule has 0 bridgehead atoms. The standard InChI is InChI=1S/2C12H16/c1-9(2)12-7-10-5-3-4-6-11(10)8-12;1-9(2)11-8-7-10-5-3-4-6-12(10)11/h3-6,9,12H,7-8H2,1-2H3;3-6,9,11H,7-8H2,1-2H3/t;11-/m.0/s1. The first-order valence-electron chi connectivity index (χ1n) is 9.70. The molecule has 0 aliphatic heterocycles. The van der Waals surface area contributed by atoms with Crippen LogP contribution >= 0.6 is 0 Å². The highest BCUT2D eigenvalue weighted by Gasteiger charge is 2.24. The molecule has 128 valence electrons. The number of aryl methyl sites for hydroxylation is 1. The molecule has 2 aromatic rings. The van der Waals surface area contributed by atoms with Crippen molar-refractivity contribution in [2.75, 3.05) is 0 Å². The van der Waals surface area contributed by atoms with Crippen molar-refractivity contribution < 1.29 is 0 Å². The fourth-order valence-electron chi connectivity index (χ4n) is 4.35. The first-order valence-corrected chi connectivity index (χ1v) is 9.70. The molecule has 0 saturated heterocycles. The minimum Gasteiger partial charge on any atom is -0.0625 e. The summed E-state index contributed by atoms with van der Waals surface area (Å²) >= 11 is 0. The number of benzene rings is 2. The van der Waals surface area contributed by atoms with Crippen LogP contribution in [-0.4, -0.2) is 0 Å². The summed E-state index contributed by atoms with van der Waals surface area (Å²) in [5.41, 5.74) is 6.34. The molecule has 0 nitrogen and oxygen atoms in total. The molecule has 0 aromatic heterocycles. The molecule has 24 heavy (non-hydrogen) atoms. The summed E-state index contributed by atoms with van der Waals surface area (Å²) in [5, 5.41) is 0. The minimum atomic E-state index is 0.800. The summed E-state index contributed by atoms with van der Waals surface area (Å²) in [4.78, 5) is 0. The van der Waals surface area contributed by atoms with E-state index in [2.05, 4.69) is 76.2 Å². The maximum absolute atomic E-state index is 2.33. The number of fused-ring (bicyclic) bond motifs is 2. The highest BCUT2D eigenvalue weighted by atomic mass is 14.3. The summed E-state index contributed by atoms with van der Waals surface area (Å²) in [6, 6.07) is 17.8. The zero-order chi connectivity index (χ0) is 17.1. The second kappa shape index (κ2) is 7.55. The Hall–Kier alpha value is -1.56. The van der Waals surface area contributed by atoms with Gasteiger partial charge < -0.3 is 0 Å². The predicted octanol–water partition coefficient (Wildman–Crippen LogP) is 6.43. The molecule has 2 aliphatic rings. The molecular formula is C24H32. The van der Waals surface area contributed by atoms with E-state index in [0.29, 0.717) is 0 Å². The second-order valence-corrected chi connectivity index (χ2v) is 8.27. The van der Waals surface area contributed by atoms with Gasteiger partial charge >= 0.3 is 0 Å². The molecule has 0 radical (unpaired) electrons. The first-order chi connectivity index (χ1) is 11.6. The van der Waals surface area contributed by atoms with Crippen molar-refractivity contribution in [2.45, 2.75) is 59.3 Å². The molecule has 0 spiro atoms. The van der Waals surface area contributed by atoms with E-state index in [1.807, 2.05) is 0 Å². The van der Waals surface area contributed by atoms with E-state index in [4.69, 9.17) is 0 Å². The van der Waals surface area contributed by atoms with Crippen molar-refractivity contribution in [1.29, 1.82) is 0 Å². The van der Waals surface area contributed by atoms with Gasteiger partial charge in [-0.25, -0.2) is 0 Å². The maximum Gasteiger partial charge on any atom is -0.0133 e. The summed E-state index contributed by atoms with van der Waals surface area (Å²) in [7, 11) is 0. The average Bonchev–Trinajstić information content (AvgIpc) is 3.19. The third-order valence-corrected chi connectivity index (χ3v) is 6.01. The molecule has 4 rings (SSSR count). The predicted molar refractivity (Wildman–Crippen MR) is 105 cm³/mol. The zero-order valence-electron chi connectivity index (χ0n) is 15.8. The van der Waals surface area contributed by atoms with Gasteiger partial charge in [-0.05, 0) is 71.6 Å². The Balaban J connectivity index is 0.000000141. The van der Waals surface area contributed by atoms with Crippen LogP contribution in [0.4, 0.5) is 0 Å². The van der Waals surface area contributed by atoms with Crippen LogP contribution in [0.15, 0.2) is 48.5 Å². The maximum atomic E-state index is 2.33. The Bertz CT molecular complexity index is 640. The quantitative estimate of drug-likeness (QED) is 0.598. The zero-order valence-corrected chi connectivity index (χ0v) is 15.8. The Morgan fingerprint density at radius 1 is 0.708 bits per heavy atom. The van der Waals surface area contributed by atoms with Gasteiger partial charge in [0.05, 0.1) is 0 Å². The molecule has 2 aromatic carbocycles. The Labute approximate surface area is 148 Å². The smallest absolute Gasteiger partial charge is 0.0133 e. The van der Waals surface area contributed by atoms with Crippen LogP contribution in [0.5, 0.6) is 0 Å². The van der Waals surface area contributed by atoms with Crippen molar-refractivity contribution in [1.82, 2.24) is 0 Å². The van der Waals surface area contributed by atoms with E-state index >= 15 is 0 Å². The van der Waals surface area contributed by atoms with Crippen LogP contribution in [0.25, 0.3) is 0 Å². The molecule has 2 aliphatic carbocycles. The fourth-order valence-corrected chi connectivity index (χ4v) is 4.35. The SMILES string of the molecule is CC(C)C1Cc2ccccc2C1.CC(C)[C@@H]1CCc2ccccc21. The minimum absolute atomic E-state index is 0.800. The molecule has 0 heterocycles. The molecular weight excluding hydrogens is 288 g/mol. The Morgan fingerprint density at radius 2 is 1.25 bits per heavy atom. The van der Waals surface area contributed by atoms with E-state index < -0.39 is 0 Å². The van der Waals surface area contributed by atoms with Crippen LogP contribution in [0.3, 0.4) is 0 Å². The lowest BCUT2D eigenvalue weighted by Crippen LogP contribution is -2.07. The largest absolute Gasteiger partial charge is 0.0625 e. The van der Waals surface area contributed by atoms with Gasteiger partial charge in [0.15, 0.2) is 0 Å². The second-order valence-electron chi connectivity index (χ2n) is 8.27. The van der Waals surface area contributed by atoms with Crippen molar-refractivity contribution in [3.05, 3.63) is 70.8 Å². The lowest BCUT2D eigenvalue weighted by molar-refractivity contribution is 0.404. The van der Waals surface area contributed by atoms with Crippen LogP contribution in [0.2, 0.25) is 0 Å². The molecule has 0 N–H and O–H groups in total. The van der Waals surface area contributed by atoms with Crippen molar-refractivity contribution >= 4 is 0 Å². The summed E-state index contributed by atoms with van der Waals surface area (Å²) in [6.45, 7) is 9.31. The fraction of sp³-hybridized carbons (Fsp3) is 0.500. The summed E-state index contributed by atoms with van der Waals surface area (Å²) < 4.78 is 0. The first kappa shape index (κ1) is 17.3. The van der Waals surface area contributed by atoms with E-state index in [1.54, 1.807) is 22.3 Å². The van der Waals surface area contributed by atoms with Gasteiger partial charge in [-0.3, -0.25) is 0 Å². The number of hydrogen-bond donors (Lipinski definition) is 0. The van der Waals surface area contributed by atoms with E-state index in [9.17, 15) is 0 Å². The normalized spacial score (nSPS) is 19.2. The van der Waals surface area contributed by atoms with Crippen molar-refractivity contribution in [2.24, 2.45) is 17.8 Å². The van der Waals surface area contributed by atoms with Crippen LogP contribution in [0.1, 0.15) is 62.3 Å². The van der Waals surface area contributed by atoms with E-state index in [1.165, 1.54) is 25.7 Å². The van der Waals surface area contributed by atoms with Gasteiger partial charge in [0.2, 0.25) is 0 Å². The van der Waals surface area contributed by atoms with Gasteiger partial charge in [-0.15, -0.1) is 0 Å². The molecule has 0 saturated carbocycles. The van der Waals surface area contributed by atoms with Gasteiger partial charge in [0.25, 0.3) is 0 Å². The monoisotopic (exact) mass is 320 g/mol. The highest BCUT2D eigenvalue weighted by molar-refractivity contribution is 5.35. The lowest BCUT2D eigenvalue weighted by atomic mass is 9.90. The van der Waals surface area contributed by atoms with Crippen molar-refractivity contribution in [3.63, 3.8) is 0 Å². The number of rotatable bonds is 2. The summed E-state index contributed by atoms with van der Waals surface area (Å²) in [5.74, 6) is 3.34. The average molecular weight is 321 g/mol. The van der Waals surface area contributed by atoms with Gasteiger partial charge in [-0.2, -0.15) is 0 Å². The van der Waals surface area contributed by atoms with Crippen LogP contribution in [0, 0.1) is 17.8 Å². The molecule has 0 unspecified atom stereocenters. The molecule has 0 heteroatoms. The van der Waals surface area contributed by atoms with E-state index in [0.717, 1.165) is 23.7 Å². The number of hydrogen-bond acceptors (Lipinski definition) is 0. The third kappa shape index (κ3) is 3.74. The van der Waals surface area contributed by atoms with Crippen LogP contribution in [-0.2, 0) is 19.3 Å². The third-order valence-electron chi connectivity index (χ3n) is 6.01.